The molecule has 2 heterocycles. The van der Waals surface area contributed by atoms with Gasteiger partial charge in [-0.1, -0.05) is 36.4 Å². The van der Waals surface area contributed by atoms with E-state index >= 15 is 0 Å². The number of hydrogen-bond acceptors (Lipinski definition) is 3. The van der Waals surface area contributed by atoms with E-state index in [0.717, 1.165) is 51.9 Å². The summed E-state index contributed by atoms with van der Waals surface area (Å²) in [6.45, 7) is 4.73. The maximum atomic E-state index is 13.2. The number of likely N-dealkylation sites (tertiary alicyclic amines) is 1. The topological polar surface area (TPSA) is 49.4 Å². The highest BCUT2D eigenvalue weighted by Gasteiger charge is 2.30. The maximum absolute atomic E-state index is 13.2. The Balaban J connectivity index is 1.68. The lowest BCUT2D eigenvalue weighted by molar-refractivity contribution is 0.0614. The first-order chi connectivity index (χ1) is 14.5. The first-order valence-electron chi connectivity index (χ1n) is 10.7. The van der Waals surface area contributed by atoms with Crippen molar-refractivity contribution in [2.24, 2.45) is 0 Å². The van der Waals surface area contributed by atoms with Crippen LogP contribution in [-0.2, 0) is 6.42 Å². The van der Waals surface area contributed by atoms with Gasteiger partial charge >= 0.3 is 0 Å². The van der Waals surface area contributed by atoms with Gasteiger partial charge in [0.2, 0.25) is 0 Å². The van der Waals surface area contributed by atoms with Crippen LogP contribution in [0.1, 0.15) is 58.7 Å². The number of amides is 2. The monoisotopic (exact) mass is 420 g/mol. The van der Waals surface area contributed by atoms with Crippen LogP contribution in [0.2, 0.25) is 0 Å². The van der Waals surface area contributed by atoms with Crippen LogP contribution in [0.3, 0.4) is 0 Å². The highest BCUT2D eigenvalue weighted by atomic mass is 32.1. The van der Waals surface area contributed by atoms with Gasteiger partial charge in [-0.2, -0.15) is 0 Å². The number of piperidine rings is 1. The number of rotatable bonds is 5. The van der Waals surface area contributed by atoms with Crippen molar-refractivity contribution in [2.75, 3.05) is 6.54 Å². The quantitative estimate of drug-likeness (QED) is 0.611. The van der Waals surface area contributed by atoms with E-state index in [9.17, 15) is 9.59 Å². The molecule has 0 radical (unpaired) electrons. The molecule has 1 atom stereocenters. The zero-order chi connectivity index (χ0) is 21.1. The van der Waals surface area contributed by atoms with E-state index in [1.54, 1.807) is 11.3 Å². The number of nitrogens with one attached hydrogen (secondary N) is 1. The molecule has 30 heavy (non-hydrogen) atoms. The van der Waals surface area contributed by atoms with Gasteiger partial charge < -0.3 is 10.2 Å². The Morgan fingerprint density at radius 1 is 1.07 bits per heavy atom. The standard InChI is InChI=1S/C25H28N2O2S/c1-17(2)26-24(28)23-21(20-13-6-7-14-22(20)30-23)16-19-12-8-9-15-27(19)25(29)18-10-4-3-5-11-18/h3-7,10-11,13-14,17,19H,8-9,12,15-16H2,1-2H3,(H,26,28)/t19-/m0/s1. The predicted molar refractivity (Wildman–Crippen MR) is 123 cm³/mol. The summed E-state index contributed by atoms with van der Waals surface area (Å²) in [6.07, 6.45) is 3.82. The Kier molecular flexibility index (Phi) is 6.18. The third kappa shape index (κ3) is 4.26. The number of carbonyl (C=O) groups excluding carboxylic acids is 2. The molecule has 3 aromatic rings. The molecule has 0 spiro atoms. The molecular weight excluding hydrogens is 392 g/mol. The van der Waals surface area contributed by atoms with E-state index < -0.39 is 0 Å². The molecule has 2 aromatic carbocycles. The molecule has 0 unspecified atom stereocenters. The first kappa shape index (κ1) is 20.6. The molecule has 1 fully saturated rings. The van der Waals surface area contributed by atoms with Crippen molar-refractivity contribution in [2.45, 2.75) is 51.6 Å². The lowest BCUT2D eigenvalue weighted by atomic mass is 9.93. The second-order valence-corrected chi connectivity index (χ2v) is 9.30. The summed E-state index contributed by atoms with van der Waals surface area (Å²) in [6, 6.07) is 17.9. The van der Waals surface area contributed by atoms with E-state index in [0.29, 0.717) is 6.42 Å². The number of hydrogen-bond donors (Lipinski definition) is 1. The number of nitrogens with zero attached hydrogens (tertiary/aromatic N) is 1. The van der Waals surface area contributed by atoms with Gasteiger partial charge in [0.1, 0.15) is 0 Å². The first-order valence-corrected chi connectivity index (χ1v) is 11.5. The lowest BCUT2D eigenvalue weighted by Gasteiger charge is -2.36. The summed E-state index contributed by atoms with van der Waals surface area (Å²) < 4.78 is 1.12. The highest BCUT2D eigenvalue weighted by Crippen LogP contribution is 2.34. The molecule has 0 bridgehead atoms. The minimum Gasteiger partial charge on any atom is -0.349 e. The van der Waals surface area contributed by atoms with Gasteiger partial charge in [-0.3, -0.25) is 9.59 Å². The van der Waals surface area contributed by atoms with Crippen molar-refractivity contribution in [3.63, 3.8) is 0 Å². The molecule has 4 nitrogen and oxygen atoms in total. The maximum Gasteiger partial charge on any atom is 0.261 e. The average molecular weight is 421 g/mol. The van der Waals surface area contributed by atoms with Gasteiger partial charge in [0, 0.05) is 28.9 Å². The molecule has 1 N–H and O–H groups in total. The second kappa shape index (κ2) is 9.00. The lowest BCUT2D eigenvalue weighted by Crippen LogP contribution is -2.45. The van der Waals surface area contributed by atoms with Crippen molar-refractivity contribution in [1.82, 2.24) is 10.2 Å². The summed E-state index contributed by atoms with van der Waals surface area (Å²) in [5, 5.41) is 4.18. The molecule has 1 aliphatic heterocycles. The van der Waals surface area contributed by atoms with Gasteiger partial charge in [-0.05, 0) is 68.7 Å². The Morgan fingerprint density at radius 3 is 2.57 bits per heavy atom. The van der Waals surface area contributed by atoms with Crippen LogP contribution in [0, 0.1) is 0 Å². The molecule has 5 heteroatoms. The van der Waals surface area contributed by atoms with E-state index in [1.165, 1.54) is 0 Å². The number of benzene rings is 2. The van der Waals surface area contributed by atoms with Crippen molar-refractivity contribution >= 4 is 33.2 Å². The minimum atomic E-state index is -0.0158. The summed E-state index contributed by atoms with van der Waals surface area (Å²) in [5.74, 6) is 0.0750. The molecule has 1 saturated heterocycles. The predicted octanol–water partition coefficient (Wildman–Crippen LogP) is 5.28. The van der Waals surface area contributed by atoms with Crippen molar-refractivity contribution in [1.29, 1.82) is 0 Å². The second-order valence-electron chi connectivity index (χ2n) is 8.25. The van der Waals surface area contributed by atoms with Crippen LogP contribution >= 0.6 is 11.3 Å². The van der Waals surface area contributed by atoms with E-state index in [4.69, 9.17) is 0 Å². The third-order valence-electron chi connectivity index (χ3n) is 5.67. The van der Waals surface area contributed by atoms with Gasteiger partial charge in [0.05, 0.1) is 4.88 Å². The van der Waals surface area contributed by atoms with Crippen LogP contribution in [-0.4, -0.2) is 35.3 Å². The van der Waals surface area contributed by atoms with Crippen LogP contribution in [0.15, 0.2) is 54.6 Å². The fourth-order valence-electron chi connectivity index (χ4n) is 4.27. The number of thiophene rings is 1. The normalized spacial score (nSPS) is 16.8. The zero-order valence-electron chi connectivity index (χ0n) is 17.6. The fraction of sp³-hybridized carbons (Fsp3) is 0.360. The highest BCUT2D eigenvalue weighted by molar-refractivity contribution is 7.21. The van der Waals surface area contributed by atoms with Crippen LogP contribution in [0.25, 0.3) is 10.1 Å². The molecule has 2 amide bonds. The Bertz CT molecular complexity index is 1040. The van der Waals surface area contributed by atoms with Gasteiger partial charge in [0.25, 0.3) is 11.8 Å². The Labute approximate surface area is 181 Å². The van der Waals surface area contributed by atoms with Crippen molar-refractivity contribution in [3.8, 4) is 0 Å². The number of carbonyl (C=O) groups is 2. The Morgan fingerprint density at radius 2 is 1.80 bits per heavy atom. The van der Waals surface area contributed by atoms with Gasteiger partial charge in [-0.15, -0.1) is 11.3 Å². The van der Waals surface area contributed by atoms with Crippen LogP contribution in [0.4, 0.5) is 0 Å². The summed E-state index contributed by atoms with van der Waals surface area (Å²) in [5.41, 5.74) is 1.81. The molecule has 0 saturated carbocycles. The molecular formula is C25H28N2O2S. The van der Waals surface area contributed by atoms with E-state index in [2.05, 4.69) is 17.4 Å². The van der Waals surface area contributed by atoms with E-state index in [-0.39, 0.29) is 23.9 Å². The SMILES string of the molecule is CC(C)NC(=O)c1sc2ccccc2c1C[C@@H]1CCCCN1C(=O)c1ccccc1. The molecule has 1 aliphatic rings. The fourth-order valence-corrected chi connectivity index (χ4v) is 5.41. The molecule has 156 valence electrons. The van der Waals surface area contributed by atoms with Crippen LogP contribution in [0.5, 0.6) is 0 Å². The van der Waals surface area contributed by atoms with Crippen molar-refractivity contribution in [3.05, 3.63) is 70.6 Å². The number of fused-ring (bicyclic) bond motifs is 1. The van der Waals surface area contributed by atoms with Gasteiger partial charge in [-0.25, -0.2) is 0 Å². The van der Waals surface area contributed by atoms with Gasteiger partial charge in [0.15, 0.2) is 0 Å². The zero-order valence-corrected chi connectivity index (χ0v) is 18.4. The minimum absolute atomic E-state index is 0.0158. The molecule has 4 rings (SSSR count). The third-order valence-corrected chi connectivity index (χ3v) is 6.88. The average Bonchev–Trinajstić information content (AvgIpc) is 3.12. The summed E-state index contributed by atoms with van der Waals surface area (Å²) in [7, 11) is 0. The van der Waals surface area contributed by atoms with Crippen molar-refractivity contribution < 1.29 is 9.59 Å². The molecule has 0 aliphatic carbocycles. The largest absolute Gasteiger partial charge is 0.349 e. The Hall–Kier alpha value is -2.66. The molecule has 1 aromatic heterocycles. The van der Waals surface area contributed by atoms with Crippen LogP contribution < -0.4 is 5.32 Å². The summed E-state index contributed by atoms with van der Waals surface area (Å²) >= 11 is 1.55. The van der Waals surface area contributed by atoms with E-state index in [1.807, 2.05) is 61.2 Å². The summed E-state index contributed by atoms with van der Waals surface area (Å²) in [4.78, 5) is 29.0. The smallest absolute Gasteiger partial charge is 0.261 e.